The van der Waals surface area contributed by atoms with E-state index in [-0.39, 0.29) is 18.1 Å². The first-order valence-corrected chi connectivity index (χ1v) is 7.36. The molecule has 0 atom stereocenters. The summed E-state index contributed by atoms with van der Waals surface area (Å²) in [6.45, 7) is 0.262. The molecule has 1 fully saturated rings. The van der Waals surface area contributed by atoms with Gasteiger partial charge >= 0.3 is 0 Å². The van der Waals surface area contributed by atoms with E-state index in [1.807, 2.05) is 34.9 Å². The first-order chi connectivity index (χ1) is 10.7. The number of benzene rings is 1. The van der Waals surface area contributed by atoms with Crippen molar-refractivity contribution >= 4 is 0 Å². The van der Waals surface area contributed by atoms with Crippen LogP contribution in [0, 0.1) is 0 Å². The van der Waals surface area contributed by atoms with Crippen LogP contribution in [0.5, 0.6) is 11.5 Å². The maximum absolute atomic E-state index is 12.6. The SMILES string of the molecule is COc1ccc(-c2ccc(CN)c(=O)n2C2CC2)cc1OC. The molecule has 1 aromatic heterocycles. The highest BCUT2D eigenvalue weighted by atomic mass is 16.5. The fourth-order valence-corrected chi connectivity index (χ4v) is 2.68. The molecule has 0 amide bonds. The number of nitrogens with two attached hydrogens (primary N) is 1. The Morgan fingerprint density at radius 2 is 1.86 bits per heavy atom. The quantitative estimate of drug-likeness (QED) is 0.920. The van der Waals surface area contributed by atoms with Crippen molar-refractivity contribution in [3.63, 3.8) is 0 Å². The number of methoxy groups -OCH3 is 2. The molecule has 0 unspecified atom stereocenters. The summed E-state index contributed by atoms with van der Waals surface area (Å²) in [5, 5.41) is 0. The van der Waals surface area contributed by atoms with Crippen LogP contribution in [0.25, 0.3) is 11.3 Å². The molecule has 0 saturated heterocycles. The number of pyridine rings is 1. The van der Waals surface area contributed by atoms with Gasteiger partial charge in [-0.1, -0.05) is 6.07 Å². The van der Waals surface area contributed by atoms with Crippen LogP contribution in [0.15, 0.2) is 35.1 Å². The summed E-state index contributed by atoms with van der Waals surface area (Å²) in [4.78, 5) is 12.6. The van der Waals surface area contributed by atoms with E-state index >= 15 is 0 Å². The van der Waals surface area contributed by atoms with Crippen molar-refractivity contribution in [2.24, 2.45) is 5.73 Å². The summed E-state index contributed by atoms with van der Waals surface area (Å²) in [6.07, 6.45) is 2.07. The van der Waals surface area contributed by atoms with Gasteiger partial charge in [0.1, 0.15) is 0 Å². The molecule has 0 spiro atoms. The van der Waals surface area contributed by atoms with E-state index < -0.39 is 0 Å². The molecule has 116 valence electrons. The lowest BCUT2D eigenvalue weighted by atomic mass is 10.1. The standard InChI is InChI=1S/C17H20N2O3/c1-21-15-8-4-11(9-16(15)22-2)14-7-3-12(10-18)17(20)19(14)13-5-6-13/h3-4,7-9,13H,5-6,10,18H2,1-2H3. The van der Waals surface area contributed by atoms with Crippen molar-refractivity contribution < 1.29 is 9.47 Å². The van der Waals surface area contributed by atoms with Crippen LogP contribution in [0.4, 0.5) is 0 Å². The number of nitrogens with zero attached hydrogens (tertiary/aromatic N) is 1. The molecule has 1 aliphatic rings. The summed E-state index contributed by atoms with van der Waals surface area (Å²) >= 11 is 0. The Morgan fingerprint density at radius 3 is 2.45 bits per heavy atom. The van der Waals surface area contributed by atoms with E-state index in [2.05, 4.69) is 0 Å². The van der Waals surface area contributed by atoms with Gasteiger partial charge in [0, 0.05) is 23.7 Å². The van der Waals surface area contributed by atoms with Crippen LogP contribution in [0.2, 0.25) is 0 Å². The zero-order chi connectivity index (χ0) is 15.7. The van der Waals surface area contributed by atoms with Gasteiger partial charge in [0.2, 0.25) is 0 Å². The molecule has 2 aromatic rings. The molecule has 5 nitrogen and oxygen atoms in total. The first-order valence-electron chi connectivity index (χ1n) is 7.36. The minimum absolute atomic E-state index is 0.0114. The average Bonchev–Trinajstić information content (AvgIpc) is 3.38. The molecule has 2 N–H and O–H groups in total. The van der Waals surface area contributed by atoms with E-state index in [1.54, 1.807) is 14.2 Å². The van der Waals surface area contributed by atoms with Gasteiger partial charge in [-0.15, -0.1) is 0 Å². The van der Waals surface area contributed by atoms with Gasteiger partial charge in [-0.3, -0.25) is 4.79 Å². The van der Waals surface area contributed by atoms with Crippen molar-refractivity contribution in [2.45, 2.75) is 25.4 Å². The predicted molar refractivity (Wildman–Crippen MR) is 85.4 cm³/mol. The second-order valence-corrected chi connectivity index (χ2v) is 5.42. The summed E-state index contributed by atoms with van der Waals surface area (Å²) in [5.74, 6) is 1.32. The zero-order valence-corrected chi connectivity index (χ0v) is 12.8. The van der Waals surface area contributed by atoms with Crippen LogP contribution >= 0.6 is 0 Å². The molecular weight excluding hydrogens is 280 g/mol. The Morgan fingerprint density at radius 1 is 1.14 bits per heavy atom. The molecule has 5 heteroatoms. The van der Waals surface area contributed by atoms with E-state index in [4.69, 9.17) is 15.2 Å². The van der Waals surface area contributed by atoms with Gasteiger partial charge in [-0.2, -0.15) is 0 Å². The topological polar surface area (TPSA) is 66.5 Å². The molecule has 1 heterocycles. The first kappa shape index (κ1) is 14.7. The zero-order valence-electron chi connectivity index (χ0n) is 12.8. The van der Waals surface area contributed by atoms with E-state index in [1.165, 1.54) is 0 Å². The predicted octanol–water partition coefficient (Wildman–Crippen LogP) is 2.33. The lowest BCUT2D eigenvalue weighted by Crippen LogP contribution is -2.25. The Hall–Kier alpha value is -2.27. The number of ether oxygens (including phenoxy) is 2. The fraction of sp³-hybridized carbons (Fsp3) is 0.353. The molecular formula is C17H20N2O3. The van der Waals surface area contributed by atoms with Crippen LogP contribution in [0.1, 0.15) is 24.4 Å². The molecule has 1 aromatic carbocycles. The fourth-order valence-electron chi connectivity index (χ4n) is 2.68. The third kappa shape index (κ3) is 2.48. The van der Waals surface area contributed by atoms with Gasteiger partial charge in [-0.05, 0) is 37.1 Å². The molecule has 3 rings (SSSR count). The highest BCUT2D eigenvalue weighted by Gasteiger charge is 2.28. The Bertz CT molecular complexity index is 748. The Labute approximate surface area is 129 Å². The second kappa shape index (κ2) is 5.85. The summed E-state index contributed by atoms with van der Waals surface area (Å²) in [5.41, 5.74) is 8.15. The largest absolute Gasteiger partial charge is 0.493 e. The van der Waals surface area contributed by atoms with Gasteiger partial charge in [0.25, 0.3) is 5.56 Å². The Kier molecular flexibility index (Phi) is 3.90. The maximum atomic E-state index is 12.6. The van der Waals surface area contributed by atoms with Crippen molar-refractivity contribution in [3.05, 3.63) is 46.2 Å². The molecule has 0 radical (unpaired) electrons. The van der Waals surface area contributed by atoms with Crippen molar-refractivity contribution in [3.8, 4) is 22.8 Å². The number of hydrogen-bond donors (Lipinski definition) is 1. The van der Waals surface area contributed by atoms with Crippen molar-refractivity contribution in [1.29, 1.82) is 0 Å². The number of rotatable bonds is 5. The molecule has 1 saturated carbocycles. The van der Waals surface area contributed by atoms with Crippen LogP contribution < -0.4 is 20.8 Å². The third-order valence-corrected chi connectivity index (χ3v) is 4.01. The van der Waals surface area contributed by atoms with Crippen LogP contribution in [-0.2, 0) is 6.54 Å². The minimum atomic E-state index is 0.0114. The molecule has 1 aliphatic carbocycles. The van der Waals surface area contributed by atoms with Gasteiger partial charge < -0.3 is 19.8 Å². The summed E-state index contributed by atoms with van der Waals surface area (Å²) in [7, 11) is 3.21. The Balaban J connectivity index is 2.16. The maximum Gasteiger partial charge on any atom is 0.255 e. The monoisotopic (exact) mass is 300 g/mol. The smallest absolute Gasteiger partial charge is 0.255 e. The molecule has 0 aliphatic heterocycles. The molecule has 22 heavy (non-hydrogen) atoms. The lowest BCUT2D eigenvalue weighted by Gasteiger charge is -2.15. The van der Waals surface area contributed by atoms with Crippen molar-refractivity contribution in [1.82, 2.24) is 4.57 Å². The van der Waals surface area contributed by atoms with Crippen LogP contribution in [-0.4, -0.2) is 18.8 Å². The normalized spacial score (nSPS) is 14.0. The van der Waals surface area contributed by atoms with E-state index in [0.29, 0.717) is 17.1 Å². The van der Waals surface area contributed by atoms with Crippen molar-refractivity contribution in [2.75, 3.05) is 14.2 Å². The van der Waals surface area contributed by atoms with E-state index in [0.717, 1.165) is 24.1 Å². The third-order valence-electron chi connectivity index (χ3n) is 4.01. The lowest BCUT2D eigenvalue weighted by molar-refractivity contribution is 0.355. The van der Waals surface area contributed by atoms with Crippen LogP contribution in [0.3, 0.4) is 0 Å². The van der Waals surface area contributed by atoms with Gasteiger partial charge in [0.15, 0.2) is 11.5 Å². The average molecular weight is 300 g/mol. The van der Waals surface area contributed by atoms with Gasteiger partial charge in [0.05, 0.1) is 19.9 Å². The number of hydrogen-bond acceptors (Lipinski definition) is 4. The second-order valence-electron chi connectivity index (χ2n) is 5.42. The summed E-state index contributed by atoms with van der Waals surface area (Å²) < 4.78 is 12.5. The molecule has 0 bridgehead atoms. The number of aromatic nitrogens is 1. The highest BCUT2D eigenvalue weighted by Crippen LogP contribution is 2.38. The van der Waals surface area contributed by atoms with E-state index in [9.17, 15) is 4.79 Å². The highest BCUT2D eigenvalue weighted by molar-refractivity contribution is 5.65. The minimum Gasteiger partial charge on any atom is -0.493 e. The summed E-state index contributed by atoms with van der Waals surface area (Å²) in [6, 6.07) is 9.75. The van der Waals surface area contributed by atoms with Gasteiger partial charge in [-0.25, -0.2) is 0 Å².